The molecule has 116 valence electrons. The Labute approximate surface area is 131 Å². The lowest BCUT2D eigenvalue weighted by molar-refractivity contribution is 0.470. The van der Waals surface area contributed by atoms with Crippen LogP contribution in [0.3, 0.4) is 0 Å². The van der Waals surface area contributed by atoms with Crippen LogP contribution in [0.25, 0.3) is 0 Å². The van der Waals surface area contributed by atoms with E-state index in [9.17, 15) is 4.39 Å². The Hall–Kier alpha value is -1.55. The van der Waals surface area contributed by atoms with Gasteiger partial charge in [0.25, 0.3) is 0 Å². The maximum absolute atomic E-state index is 13.7. The largest absolute Gasteiger partial charge is 0.356 e. The Morgan fingerprint density at radius 2 is 2.29 bits per heavy atom. The number of aliphatic imine (C=N–C) groups is 1. The van der Waals surface area contributed by atoms with Crippen LogP contribution in [-0.2, 0) is 6.42 Å². The van der Waals surface area contributed by atoms with Crippen LogP contribution in [0.2, 0.25) is 5.02 Å². The van der Waals surface area contributed by atoms with E-state index in [0.29, 0.717) is 23.6 Å². The monoisotopic (exact) mass is 311 g/mol. The fraction of sp³-hybridized carbons (Fsp3) is 0.438. The Morgan fingerprint density at radius 1 is 1.52 bits per heavy atom. The summed E-state index contributed by atoms with van der Waals surface area (Å²) < 4.78 is 13.7. The van der Waals surface area contributed by atoms with Gasteiger partial charge in [-0.3, -0.25) is 4.99 Å². The third kappa shape index (κ3) is 5.76. The first-order valence-corrected chi connectivity index (χ1v) is 7.43. The van der Waals surface area contributed by atoms with Crippen LogP contribution in [0.1, 0.15) is 18.4 Å². The quantitative estimate of drug-likeness (QED) is 0.361. The first-order valence-electron chi connectivity index (χ1n) is 7.05. The number of nitrogens with one attached hydrogen (secondary N) is 1. The number of unbranched alkanes of at least 4 members (excludes halogenated alkanes) is 1. The van der Waals surface area contributed by atoms with Gasteiger partial charge in [-0.1, -0.05) is 23.7 Å². The van der Waals surface area contributed by atoms with E-state index >= 15 is 0 Å². The van der Waals surface area contributed by atoms with Crippen LogP contribution in [0.4, 0.5) is 4.39 Å². The molecule has 0 saturated heterocycles. The van der Waals surface area contributed by atoms with Crippen LogP contribution in [-0.4, -0.2) is 38.0 Å². The molecule has 3 nitrogen and oxygen atoms in total. The van der Waals surface area contributed by atoms with E-state index in [2.05, 4.69) is 16.9 Å². The zero-order valence-corrected chi connectivity index (χ0v) is 13.5. The predicted octanol–water partition coefficient (Wildman–Crippen LogP) is 3.50. The van der Waals surface area contributed by atoms with E-state index in [1.54, 1.807) is 19.2 Å². The van der Waals surface area contributed by atoms with Gasteiger partial charge in [0.1, 0.15) is 5.82 Å². The second-order valence-electron chi connectivity index (χ2n) is 4.78. The highest BCUT2D eigenvalue weighted by Gasteiger charge is 2.08. The summed E-state index contributed by atoms with van der Waals surface area (Å²) in [5.74, 6) is 0.533. The molecule has 0 aromatic heterocycles. The lowest BCUT2D eigenvalue weighted by Crippen LogP contribution is -2.40. The summed E-state index contributed by atoms with van der Waals surface area (Å²) in [6, 6.07) is 4.74. The molecule has 1 N–H and O–H groups in total. The molecule has 21 heavy (non-hydrogen) atoms. The third-order valence-corrected chi connectivity index (χ3v) is 3.55. The van der Waals surface area contributed by atoms with Gasteiger partial charge in [-0.2, -0.15) is 0 Å². The van der Waals surface area contributed by atoms with E-state index in [0.717, 1.165) is 25.3 Å². The normalized spacial score (nSPS) is 11.3. The van der Waals surface area contributed by atoms with Crippen molar-refractivity contribution in [3.8, 4) is 0 Å². The number of rotatable bonds is 7. The average Bonchev–Trinajstić information content (AvgIpc) is 2.46. The molecule has 0 heterocycles. The second kappa shape index (κ2) is 9.40. The summed E-state index contributed by atoms with van der Waals surface area (Å²) in [5.41, 5.74) is 0.538. The highest BCUT2D eigenvalue weighted by Crippen LogP contribution is 2.18. The van der Waals surface area contributed by atoms with Gasteiger partial charge >= 0.3 is 0 Å². The fourth-order valence-corrected chi connectivity index (χ4v) is 2.29. The number of hydrogen-bond donors (Lipinski definition) is 1. The van der Waals surface area contributed by atoms with Crippen molar-refractivity contribution in [3.63, 3.8) is 0 Å². The summed E-state index contributed by atoms with van der Waals surface area (Å²) in [6.07, 6.45) is 4.43. The van der Waals surface area contributed by atoms with Crippen molar-refractivity contribution < 1.29 is 4.39 Å². The minimum Gasteiger partial charge on any atom is -0.356 e. The molecule has 0 atom stereocenters. The maximum atomic E-state index is 13.7. The van der Waals surface area contributed by atoms with Crippen LogP contribution in [0, 0.1) is 5.82 Å². The lowest BCUT2D eigenvalue weighted by Gasteiger charge is -2.22. The summed E-state index contributed by atoms with van der Waals surface area (Å²) in [5, 5.41) is 3.69. The highest BCUT2D eigenvalue weighted by atomic mass is 35.5. The van der Waals surface area contributed by atoms with E-state index in [1.165, 1.54) is 6.07 Å². The van der Waals surface area contributed by atoms with E-state index in [1.807, 2.05) is 18.0 Å². The molecule has 0 aliphatic rings. The smallest absolute Gasteiger partial charge is 0.193 e. The number of benzene rings is 1. The summed E-state index contributed by atoms with van der Waals surface area (Å²) in [6.45, 7) is 5.19. The standard InChI is InChI=1S/C16H23ClFN3/c1-4-5-6-12-21(3)16(19-2)20-11-10-13-14(17)8-7-9-15(13)18/h4,7-9H,1,5-6,10-12H2,2-3H3,(H,19,20). The average molecular weight is 312 g/mol. The van der Waals surface area contributed by atoms with E-state index in [-0.39, 0.29) is 5.82 Å². The fourth-order valence-electron chi connectivity index (χ4n) is 2.03. The lowest BCUT2D eigenvalue weighted by atomic mass is 10.1. The summed E-state index contributed by atoms with van der Waals surface area (Å²) >= 11 is 6.01. The number of nitrogens with zero attached hydrogens (tertiary/aromatic N) is 2. The Morgan fingerprint density at radius 3 is 2.90 bits per heavy atom. The molecule has 1 aromatic rings. The van der Waals surface area contributed by atoms with Gasteiger partial charge in [0, 0.05) is 37.8 Å². The summed E-state index contributed by atoms with van der Waals surface area (Å²) in [4.78, 5) is 6.27. The second-order valence-corrected chi connectivity index (χ2v) is 5.18. The van der Waals surface area contributed by atoms with Crippen LogP contribution in [0.15, 0.2) is 35.8 Å². The zero-order chi connectivity index (χ0) is 15.7. The molecule has 0 aliphatic carbocycles. The van der Waals surface area contributed by atoms with Gasteiger partial charge in [-0.05, 0) is 31.4 Å². The molecule has 0 saturated carbocycles. The third-order valence-electron chi connectivity index (χ3n) is 3.19. The maximum Gasteiger partial charge on any atom is 0.193 e. The molecule has 0 fully saturated rings. The molecular formula is C16H23ClFN3. The van der Waals surface area contributed by atoms with Crippen molar-refractivity contribution in [2.24, 2.45) is 4.99 Å². The highest BCUT2D eigenvalue weighted by molar-refractivity contribution is 6.31. The van der Waals surface area contributed by atoms with Crippen molar-refractivity contribution in [1.82, 2.24) is 10.2 Å². The van der Waals surface area contributed by atoms with E-state index in [4.69, 9.17) is 11.6 Å². The van der Waals surface area contributed by atoms with Crippen LogP contribution < -0.4 is 5.32 Å². The van der Waals surface area contributed by atoms with Crippen LogP contribution >= 0.6 is 11.6 Å². The Balaban J connectivity index is 2.47. The van der Waals surface area contributed by atoms with Gasteiger partial charge < -0.3 is 10.2 Å². The topological polar surface area (TPSA) is 27.6 Å². The van der Waals surface area contributed by atoms with Gasteiger partial charge in [0.2, 0.25) is 0 Å². The molecular weight excluding hydrogens is 289 g/mol. The van der Waals surface area contributed by atoms with Crippen molar-refractivity contribution >= 4 is 17.6 Å². The van der Waals surface area contributed by atoms with Crippen molar-refractivity contribution in [3.05, 3.63) is 47.3 Å². The van der Waals surface area contributed by atoms with Gasteiger partial charge in [-0.15, -0.1) is 6.58 Å². The molecule has 0 radical (unpaired) electrons. The van der Waals surface area contributed by atoms with E-state index < -0.39 is 0 Å². The molecule has 0 aliphatic heterocycles. The predicted molar refractivity (Wildman–Crippen MR) is 88.5 cm³/mol. The number of halogens is 2. The van der Waals surface area contributed by atoms with Crippen molar-refractivity contribution in [2.75, 3.05) is 27.2 Å². The van der Waals surface area contributed by atoms with Gasteiger partial charge in [0.05, 0.1) is 0 Å². The number of hydrogen-bond acceptors (Lipinski definition) is 1. The van der Waals surface area contributed by atoms with Gasteiger partial charge in [0.15, 0.2) is 5.96 Å². The zero-order valence-electron chi connectivity index (χ0n) is 12.7. The minimum absolute atomic E-state index is 0.265. The van der Waals surface area contributed by atoms with Crippen LogP contribution in [0.5, 0.6) is 0 Å². The Kier molecular flexibility index (Phi) is 7.83. The number of guanidine groups is 1. The minimum atomic E-state index is -0.265. The number of allylic oxidation sites excluding steroid dienone is 1. The van der Waals surface area contributed by atoms with Crippen molar-refractivity contribution in [2.45, 2.75) is 19.3 Å². The molecule has 1 rings (SSSR count). The molecule has 0 amide bonds. The molecule has 0 unspecified atom stereocenters. The van der Waals surface area contributed by atoms with Gasteiger partial charge in [-0.25, -0.2) is 4.39 Å². The molecule has 0 spiro atoms. The molecule has 0 bridgehead atoms. The summed E-state index contributed by atoms with van der Waals surface area (Å²) in [7, 11) is 3.72. The first-order chi connectivity index (χ1) is 10.1. The first kappa shape index (κ1) is 17.5. The molecule has 1 aromatic carbocycles. The Bertz CT molecular complexity index is 468. The van der Waals surface area contributed by atoms with Crippen molar-refractivity contribution in [1.29, 1.82) is 0 Å². The molecule has 5 heteroatoms. The SMILES string of the molecule is C=CCCCN(C)C(=NC)NCCc1c(F)cccc1Cl.